The van der Waals surface area contributed by atoms with Crippen molar-refractivity contribution in [1.29, 1.82) is 0 Å². The first-order chi connectivity index (χ1) is 19.7. The second-order valence-corrected chi connectivity index (χ2v) is 10.5. The molecule has 0 bridgehead atoms. The number of aromatic nitrogens is 1. The normalized spacial score (nSPS) is 14.5. The molecular weight excluding hydrogens is 488 g/mol. The smallest absolute Gasteiger partial charge is 0.127 e. The summed E-state index contributed by atoms with van der Waals surface area (Å²) >= 11 is 0. The zero-order valence-corrected chi connectivity index (χ0v) is 23.5. The van der Waals surface area contributed by atoms with Crippen molar-refractivity contribution in [3.8, 4) is 16.9 Å². The second-order valence-electron chi connectivity index (χ2n) is 10.5. The number of ether oxygens (including phenoxy) is 1. The first-order valence-corrected chi connectivity index (χ1v) is 14.3. The van der Waals surface area contributed by atoms with Gasteiger partial charge in [0, 0.05) is 33.3 Å². The summed E-state index contributed by atoms with van der Waals surface area (Å²) in [7, 11) is 1.74. The van der Waals surface area contributed by atoms with Crippen LogP contribution in [0.3, 0.4) is 0 Å². The van der Waals surface area contributed by atoms with Crippen molar-refractivity contribution in [2.45, 2.75) is 45.6 Å². The second kappa shape index (κ2) is 11.4. The van der Waals surface area contributed by atoms with E-state index in [2.05, 4.69) is 103 Å². The van der Waals surface area contributed by atoms with Crippen molar-refractivity contribution in [3.63, 3.8) is 0 Å². The number of aliphatic imine (C=N–C) groups is 1. The number of nitrogens with zero attached hydrogens (tertiary/aromatic N) is 2. The summed E-state index contributed by atoms with van der Waals surface area (Å²) in [5, 5.41) is 1.33. The highest BCUT2D eigenvalue weighted by atomic mass is 16.5. The van der Waals surface area contributed by atoms with Crippen LogP contribution in [-0.4, -0.2) is 17.4 Å². The Morgan fingerprint density at radius 3 is 2.65 bits per heavy atom. The van der Waals surface area contributed by atoms with E-state index in [1.165, 1.54) is 33.3 Å². The average Bonchev–Trinajstić information content (AvgIpc) is 3.30. The summed E-state index contributed by atoms with van der Waals surface area (Å²) < 4.78 is 8.40. The highest BCUT2D eigenvalue weighted by Gasteiger charge is 2.21. The van der Waals surface area contributed by atoms with Crippen molar-refractivity contribution in [1.82, 2.24) is 4.57 Å². The minimum Gasteiger partial charge on any atom is -0.496 e. The van der Waals surface area contributed by atoms with Crippen LogP contribution in [0.4, 0.5) is 0 Å². The molecule has 200 valence electrons. The first kappa shape index (κ1) is 25.9. The molecule has 0 aliphatic heterocycles. The van der Waals surface area contributed by atoms with E-state index in [0.29, 0.717) is 6.54 Å². The molecular formula is C37H36N2O. The van der Waals surface area contributed by atoms with E-state index in [1.54, 1.807) is 7.11 Å². The molecule has 4 aromatic rings. The summed E-state index contributed by atoms with van der Waals surface area (Å²) in [5.41, 5.74) is 11.8. The topological polar surface area (TPSA) is 26.5 Å². The summed E-state index contributed by atoms with van der Waals surface area (Å²) in [5.74, 6) is 0.842. The van der Waals surface area contributed by atoms with Crippen LogP contribution in [0.25, 0.3) is 34.2 Å². The van der Waals surface area contributed by atoms with Crippen molar-refractivity contribution < 1.29 is 4.74 Å². The molecule has 3 nitrogen and oxygen atoms in total. The minimum atomic E-state index is 0.668. The molecule has 3 aromatic carbocycles. The van der Waals surface area contributed by atoms with Crippen LogP contribution < -0.4 is 4.74 Å². The number of benzene rings is 3. The molecule has 6 rings (SSSR count). The van der Waals surface area contributed by atoms with Gasteiger partial charge in [-0.25, -0.2) is 0 Å². The lowest BCUT2D eigenvalue weighted by molar-refractivity contribution is 0.416. The molecule has 1 aromatic heterocycles. The highest BCUT2D eigenvalue weighted by molar-refractivity contribution is 6.04. The molecule has 1 heterocycles. The van der Waals surface area contributed by atoms with E-state index < -0.39 is 0 Å². The zero-order valence-electron chi connectivity index (χ0n) is 23.5. The fourth-order valence-corrected chi connectivity index (χ4v) is 5.94. The van der Waals surface area contributed by atoms with E-state index in [9.17, 15) is 0 Å². The third-order valence-corrected chi connectivity index (χ3v) is 7.94. The fourth-order valence-electron chi connectivity index (χ4n) is 5.94. The Bertz CT molecular complexity index is 1700. The van der Waals surface area contributed by atoms with Gasteiger partial charge in [-0.3, -0.25) is 4.99 Å². The maximum atomic E-state index is 5.90. The molecule has 0 spiro atoms. The summed E-state index contributed by atoms with van der Waals surface area (Å²) in [6.07, 6.45) is 18.5. The summed E-state index contributed by atoms with van der Waals surface area (Å²) in [4.78, 5) is 5.11. The maximum absolute atomic E-state index is 5.90. The molecule has 0 radical (unpaired) electrons. The first-order valence-electron chi connectivity index (χ1n) is 14.3. The van der Waals surface area contributed by atoms with Crippen LogP contribution in [-0.2, 0) is 19.4 Å². The SMILES string of the molecule is C=C(/C=C\CC)N=C(Cn1c2c(c3cc4c(cc31)CCC=C4)C=CCC2)c1ccc(-c2ccccc2)c(OC)c1. The van der Waals surface area contributed by atoms with Crippen LogP contribution in [0.1, 0.15) is 54.1 Å². The quantitative estimate of drug-likeness (QED) is 0.167. The van der Waals surface area contributed by atoms with E-state index in [1.807, 2.05) is 12.1 Å². The molecule has 0 fully saturated rings. The number of hydrogen-bond acceptors (Lipinski definition) is 2. The van der Waals surface area contributed by atoms with Gasteiger partial charge in [-0.2, -0.15) is 0 Å². The lowest BCUT2D eigenvalue weighted by Gasteiger charge is -2.17. The molecule has 3 heteroatoms. The molecule has 0 N–H and O–H groups in total. The number of fused-ring (bicyclic) bond motifs is 4. The van der Waals surface area contributed by atoms with E-state index in [-0.39, 0.29) is 0 Å². The van der Waals surface area contributed by atoms with Gasteiger partial charge in [0.15, 0.2) is 0 Å². The van der Waals surface area contributed by atoms with Crippen LogP contribution in [0, 0.1) is 0 Å². The Hall–Kier alpha value is -4.37. The monoisotopic (exact) mass is 524 g/mol. The lowest BCUT2D eigenvalue weighted by Crippen LogP contribution is -2.15. The molecule has 0 saturated heterocycles. The van der Waals surface area contributed by atoms with Crippen LogP contribution >= 0.6 is 0 Å². The molecule has 0 atom stereocenters. The third kappa shape index (κ3) is 5.00. The van der Waals surface area contributed by atoms with Gasteiger partial charge in [0.05, 0.1) is 25.1 Å². The number of methoxy groups -OCH3 is 1. The van der Waals surface area contributed by atoms with Crippen LogP contribution in [0.5, 0.6) is 5.75 Å². The number of allylic oxidation sites excluding steroid dienone is 4. The number of hydrogen-bond donors (Lipinski definition) is 0. The Morgan fingerprint density at radius 1 is 1.00 bits per heavy atom. The van der Waals surface area contributed by atoms with Crippen molar-refractivity contribution in [3.05, 3.63) is 125 Å². The molecule has 40 heavy (non-hydrogen) atoms. The van der Waals surface area contributed by atoms with Gasteiger partial charge < -0.3 is 9.30 Å². The average molecular weight is 525 g/mol. The van der Waals surface area contributed by atoms with Gasteiger partial charge in [0.1, 0.15) is 5.75 Å². The van der Waals surface area contributed by atoms with Crippen molar-refractivity contribution in [2.24, 2.45) is 4.99 Å². The Kier molecular flexibility index (Phi) is 7.37. The van der Waals surface area contributed by atoms with E-state index >= 15 is 0 Å². The summed E-state index contributed by atoms with van der Waals surface area (Å²) in [6, 6.07) is 21.6. The fraction of sp³-hybridized carbons (Fsp3) is 0.216. The predicted octanol–water partition coefficient (Wildman–Crippen LogP) is 9.20. The van der Waals surface area contributed by atoms with Gasteiger partial charge in [0.2, 0.25) is 0 Å². The standard InChI is InChI=1S/C37H36N2O/c1-4-5-13-26(2)38-34(30-20-21-31(37(24-30)40-3)27-14-7-6-8-15-27)25-39-35-19-12-11-18-32(35)33-22-28-16-9-10-17-29(28)23-36(33)39/h5-9,11,13-16,18,20-24H,2,4,10,12,17,19,25H2,1,3H3/b13-5-,38-34?. The lowest BCUT2D eigenvalue weighted by atomic mass is 9.94. The maximum Gasteiger partial charge on any atom is 0.127 e. The van der Waals surface area contributed by atoms with Crippen molar-refractivity contribution >= 4 is 28.8 Å². The van der Waals surface area contributed by atoms with E-state index in [0.717, 1.165) is 66.0 Å². The molecule has 0 saturated carbocycles. The highest BCUT2D eigenvalue weighted by Crippen LogP contribution is 2.36. The van der Waals surface area contributed by atoms with Gasteiger partial charge in [-0.05, 0) is 79.1 Å². The number of aryl methyl sites for hydroxylation is 1. The van der Waals surface area contributed by atoms with Crippen LogP contribution in [0.2, 0.25) is 0 Å². The zero-order chi connectivity index (χ0) is 27.5. The molecule has 0 amide bonds. The Morgan fingerprint density at radius 2 is 1.82 bits per heavy atom. The summed E-state index contributed by atoms with van der Waals surface area (Å²) in [6.45, 7) is 7.06. The van der Waals surface area contributed by atoms with Crippen LogP contribution in [0.15, 0.2) is 102 Å². The minimum absolute atomic E-state index is 0.668. The van der Waals surface area contributed by atoms with Gasteiger partial charge in [-0.15, -0.1) is 0 Å². The predicted molar refractivity (Wildman–Crippen MR) is 170 cm³/mol. The van der Waals surface area contributed by atoms with Gasteiger partial charge >= 0.3 is 0 Å². The Balaban J connectivity index is 1.49. The van der Waals surface area contributed by atoms with Gasteiger partial charge in [0.25, 0.3) is 0 Å². The van der Waals surface area contributed by atoms with E-state index in [4.69, 9.17) is 9.73 Å². The third-order valence-electron chi connectivity index (χ3n) is 7.94. The Labute approximate surface area is 237 Å². The van der Waals surface area contributed by atoms with Gasteiger partial charge in [-0.1, -0.05) is 80.3 Å². The molecule has 0 unspecified atom stereocenters. The van der Waals surface area contributed by atoms with Crippen molar-refractivity contribution in [2.75, 3.05) is 7.11 Å². The molecule has 2 aliphatic rings. The largest absolute Gasteiger partial charge is 0.496 e. The number of rotatable bonds is 8. The molecule has 2 aliphatic carbocycles.